The molecule has 0 aliphatic heterocycles. The van der Waals surface area contributed by atoms with Crippen molar-refractivity contribution >= 4 is 54.3 Å². The Morgan fingerprint density at radius 1 is 0.327 bits per heavy atom. The summed E-state index contributed by atoms with van der Waals surface area (Å²) in [5.74, 6) is 0. The highest BCUT2D eigenvalue weighted by Gasteiger charge is 2.19. The first kappa shape index (κ1) is 17.6. The molecule has 0 amide bonds. The van der Waals surface area contributed by atoms with Crippen LogP contribution in [0, 0.1) is 0 Å². The van der Waals surface area contributed by atoms with E-state index < -0.39 is 78.6 Å². The molecule has 0 aliphatic rings. The Bertz CT molecular complexity index is 3520. The summed E-state index contributed by atoms with van der Waals surface area (Å²) in [7, 11) is 0. The highest BCUT2D eigenvalue weighted by molar-refractivity contribution is 6.24. The minimum absolute atomic E-state index is 0.0286. The Balaban J connectivity index is 1.34. The zero-order valence-corrected chi connectivity index (χ0v) is 25.7. The Labute approximate surface area is 302 Å². The minimum Gasteiger partial charge on any atom is -0.456 e. The second-order valence-electron chi connectivity index (χ2n) is 11.8. The lowest BCUT2D eigenvalue weighted by atomic mass is 9.83. The van der Waals surface area contributed by atoms with Crippen molar-refractivity contribution in [2.45, 2.75) is 0 Å². The molecule has 49 heavy (non-hydrogen) atoms. The van der Waals surface area contributed by atoms with Gasteiger partial charge in [-0.2, -0.15) is 0 Å². The van der Waals surface area contributed by atoms with E-state index in [0.717, 1.165) is 27.5 Å². The van der Waals surface area contributed by atoms with Crippen molar-refractivity contribution in [3.05, 3.63) is 182 Å². The van der Waals surface area contributed by atoms with Crippen LogP contribution >= 0.6 is 0 Å². The highest BCUT2D eigenvalue weighted by atomic mass is 16.3. The smallest absolute Gasteiger partial charge is 0.135 e. The van der Waals surface area contributed by atoms with Gasteiger partial charge in [0, 0.05) is 10.8 Å². The van der Waals surface area contributed by atoms with E-state index in [2.05, 4.69) is 0 Å². The Kier molecular flexibility index (Phi) is 3.99. The molecular weight excluding hydrogens is 593 g/mol. The largest absolute Gasteiger partial charge is 0.456 e. The van der Waals surface area contributed by atoms with Gasteiger partial charge in [0.25, 0.3) is 0 Å². The number of hydrogen-bond acceptors (Lipinski definition) is 1. The summed E-state index contributed by atoms with van der Waals surface area (Å²) in [6, 6.07) is 24.8. The molecule has 0 N–H and O–H groups in total. The standard InChI is InChI=1S/C48H30O/c1-2-13-31(14-3-1)35-26-27-43(37-18-5-4-17-36(35)37)48-41-22-8-6-20-39(41)47(40-21-7-9-23-42(40)48)34-16-12-15-32(29-34)33-25-28-46-44(30-33)38-19-10-11-24-45(38)49-46/h1-30H/i1D,2D,3D,6D,7D,8D,9D,13D,14D,20D,21D,22D,23D. The first-order valence-electron chi connectivity index (χ1n) is 22.3. The first-order chi connectivity index (χ1) is 29.7. The van der Waals surface area contributed by atoms with E-state index in [1.807, 2.05) is 54.6 Å². The van der Waals surface area contributed by atoms with Crippen LogP contribution in [0.25, 0.3) is 98.8 Å². The fraction of sp³-hybridized carbons (Fsp3) is 0. The quantitative estimate of drug-likeness (QED) is 0.175. The minimum atomic E-state index is -0.538. The lowest BCUT2D eigenvalue weighted by Crippen LogP contribution is -1.92. The van der Waals surface area contributed by atoms with E-state index in [0.29, 0.717) is 33.0 Å². The number of fused-ring (bicyclic) bond motifs is 6. The molecule has 9 aromatic carbocycles. The van der Waals surface area contributed by atoms with Gasteiger partial charge in [-0.25, -0.2) is 0 Å². The molecule has 0 fully saturated rings. The topological polar surface area (TPSA) is 13.1 Å². The van der Waals surface area contributed by atoms with E-state index in [1.54, 1.807) is 48.5 Å². The van der Waals surface area contributed by atoms with E-state index in [4.69, 9.17) is 16.8 Å². The molecule has 0 radical (unpaired) electrons. The monoisotopic (exact) mass is 635 g/mol. The molecular formula is C48H30O. The average molecular weight is 636 g/mol. The van der Waals surface area contributed by atoms with Crippen molar-refractivity contribution in [1.29, 1.82) is 0 Å². The summed E-state index contributed by atoms with van der Waals surface area (Å²) < 4.78 is 122. The van der Waals surface area contributed by atoms with Crippen molar-refractivity contribution in [2.75, 3.05) is 0 Å². The second kappa shape index (κ2) is 11.1. The Morgan fingerprint density at radius 3 is 1.61 bits per heavy atom. The molecule has 0 aliphatic carbocycles. The molecule has 0 saturated heterocycles. The maximum atomic E-state index is 9.48. The molecule has 1 nitrogen and oxygen atoms in total. The molecule has 1 aromatic heterocycles. The van der Waals surface area contributed by atoms with E-state index >= 15 is 0 Å². The molecule has 10 aromatic rings. The van der Waals surface area contributed by atoms with E-state index in [9.17, 15) is 5.48 Å². The molecule has 228 valence electrons. The van der Waals surface area contributed by atoms with E-state index in [1.165, 1.54) is 0 Å². The predicted octanol–water partition coefficient (Wildman–Crippen LogP) is 13.7. The third-order valence-corrected chi connectivity index (χ3v) is 9.20. The predicted molar refractivity (Wildman–Crippen MR) is 208 cm³/mol. The van der Waals surface area contributed by atoms with Gasteiger partial charge in [0.2, 0.25) is 0 Å². The molecule has 0 spiro atoms. The van der Waals surface area contributed by atoms with Gasteiger partial charge in [-0.1, -0.05) is 157 Å². The second-order valence-corrected chi connectivity index (χ2v) is 11.8. The van der Waals surface area contributed by atoms with Gasteiger partial charge in [-0.15, -0.1) is 0 Å². The SMILES string of the molecule is [2H]c1c([2H])c([2H])c(-c2ccc(-c3c4c([2H])c([2H])c([2H])c([2H])c4c(-c4cccc(-c5ccc6oc7ccccc7c6c5)c4)c4c([2H])c([2H])c([2H])c([2H])c34)c3ccccc23)c([2H])c1[2H]. The maximum absolute atomic E-state index is 9.48. The fourth-order valence-corrected chi connectivity index (χ4v) is 7.06. The van der Waals surface area contributed by atoms with Gasteiger partial charge < -0.3 is 4.42 Å². The molecule has 0 bridgehead atoms. The van der Waals surface area contributed by atoms with Crippen LogP contribution < -0.4 is 0 Å². The summed E-state index contributed by atoms with van der Waals surface area (Å²) in [6.07, 6.45) is 0. The van der Waals surface area contributed by atoms with Crippen LogP contribution in [0.5, 0.6) is 0 Å². The van der Waals surface area contributed by atoms with Crippen molar-refractivity contribution in [3.8, 4) is 44.5 Å². The molecule has 0 atom stereocenters. The van der Waals surface area contributed by atoms with Crippen LogP contribution in [0.1, 0.15) is 17.8 Å². The molecule has 10 rings (SSSR count). The van der Waals surface area contributed by atoms with E-state index in [-0.39, 0.29) is 38.2 Å². The number of benzene rings is 9. The number of hydrogen-bond donors (Lipinski definition) is 0. The maximum Gasteiger partial charge on any atom is 0.135 e. The van der Waals surface area contributed by atoms with Crippen LogP contribution in [-0.2, 0) is 0 Å². The van der Waals surface area contributed by atoms with Crippen LogP contribution in [0.15, 0.2) is 186 Å². The molecule has 1 heteroatoms. The van der Waals surface area contributed by atoms with Crippen LogP contribution in [0.4, 0.5) is 0 Å². The van der Waals surface area contributed by atoms with Gasteiger partial charge in [0.05, 0.1) is 17.8 Å². The van der Waals surface area contributed by atoms with Crippen LogP contribution in [0.2, 0.25) is 0 Å². The van der Waals surface area contributed by atoms with Crippen molar-refractivity contribution in [1.82, 2.24) is 0 Å². The van der Waals surface area contributed by atoms with Crippen molar-refractivity contribution in [3.63, 3.8) is 0 Å². The van der Waals surface area contributed by atoms with Crippen molar-refractivity contribution < 1.29 is 22.2 Å². The normalized spacial score (nSPS) is 15.4. The van der Waals surface area contributed by atoms with Crippen LogP contribution in [-0.4, -0.2) is 0 Å². The summed E-state index contributed by atoms with van der Waals surface area (Å²) in [5.41, 5.74) is 4.44. The van der Waals surface area contributed by atoms with Gasteiger partial charge in [0.1, 0.15) is 11.2 Å². The number of para-hydroxylation sites is 1. The summed E-state index contributed by atoms with van der Waals surface area (Å²) in [4.78, 5) is 0. The molecule has 0 unspecified atom stereocenters. The highest BCUT2D eigenvalue weighted by Crippen LogP contribution is 2.47. The molecule has 1 heterocycles. The zero-order valence-electron chi connectivity index (χ0n) is 38.7. The fourth-order valence-electron chi connectivity index (χ4n) is 7.06. The lowest BCUT2D eigenvalue weighted by Gasteiger charge is -2.20. The summed E-state index contributed by atoms with van der Waals surface area (Å²) >= 11 is 0. The number of furan rings is 1. The van der Waals surface area contributed by atoms with Gasteiger partial charge >= 0.3 is 0 Å². The van der Waals surface area contributed by atoms with Crippen LogP contribution in [0.3, 0.4) is 0 Å². The molecule has 0 saturated carbocycles. The van der Waals surface area contributed by atoms with Gasteiger partial charge in [0.15, 0.2) is 0 Å². The Morgan fingerprint density at radius 2 is 0.878 bits per heavy atom. The third-order valence-electron chi connectivity index (χ3n) is 9.20. The Hall–Kier alpha value is -6.44. The van der Waals surface area contributed by atoms with Crippen molar-refractivity contribution in [2.24, 2.45) is 0 Å². The number of rotatable bonds is 4. The van der Waals surface area contributed by atoms with Gasteiger partial charge in [-0.3, -0.25) is 0 Å². The van der Waals surface area contributed by atoms with Gasteiger partial charge in [-0.05, 0) is 101 Å². The third kappa shape index (κ3) is 4.40. The summed E-state index contributed by atoms with van der Waals surface area (Å²) in [5, 5.41) is 2.90. The summed E-state index contributed by atoms with van der Waals surface area (Å²) in [6.45, 7) is 0. The first-order valence-corrected chi connectivity index (χ1v) is 15.8. The average Bonchev–Trinajstić information content (AvgIpc) is 3.67. The lowest BCUT2D eigenvalue weighted by molar-refractivity contribution is 0.669. The zero-order chi connectivity index (χ0) is 43.6.